The summed E-state index contributed by atoms with van der Waals surface area (Å²) in [5.74, 6) is 0.135. The summed E-state index contributed by atoms with van der Waals surface area (Å²) in [5.41, 5.74) is 3.72. The van der Waals surface area contributed by atoms with E-state index < -0.39 is 0 Å². The van der Waals surface area contributed by atoms with Crippen LogP contribution in [0.15, 0.2) is 53.6 Å². The highest BCUT2D eigenvalue weighted by molar-refractivity contribution is 6.33. The van der Waals surface area contributed by atoms with Crippen LogP contribution in [-0.2, 0) is 9.59 Å². The van der Waals surface area contributed by atoms with Gasteiger partial charge in [-0.25, -0.2) is 5.43 Å². The van der Waals surface area contributed by atoms with Crippen molar-refractivity contribution in [3.63, 3.8) is 0 Å². The molecule has 2 aromatic rings. The van der Waals surface area contributed by atoms with Crippen LogP contribution in [0.4, 0.5) is 5.69 Å². The maximum atomic E-state index is 11.9. The summed E-state index contributed by atoms with van der Waals surface area (Å²) in [6.45, 7) is 2.49. The van der Waals surface area contributed by atoms with E-state index in [2.05, 4.69) is 15.8 Å². The predicted octanol–water partition coefficient (Wildman–Crippen LogP) is 3.61. The molecule has 2 aromatic carbocycles. The van der Waals surface area contributed by atoms with Crippen LogP contribution in [0, 0.1) is 0 Å². The van der Waals surface area contributed by atoms with Gasteiger partial charge in [0.1, 0.15) is 5.75 Å². The van der Waals surface area contributed by atoms with Crippen molar-refractivity contribution in [1.29, 1.82) is 0 Å². The van der Waals surface area contributed by atoms with Gasteiger partial charge in [0.15, 0.2) is 0 Å². The molecule has 2 rings (SSSR count). The van der Waals surface area contributed by atoms with Crippen LogP contribution < -0.4 is 15.5 Å². The van der Waals surface area contributed by atoms with Crippen LogP contribution in [0.25, 0.3) is 0 Å². The summed E-state index contributed by atoms with van der Waals surface area (Å²) in [5, 5.41) is 7.10. The molecule has 0 fully saturated rings. The maximum Gasteiger partial charge on any atom is 0.240 e. The second kappa shape index (κ2) is 10.2. The molecule has 0 saturated carbocycles. The minimum atomic E-state index is -0.352. The lowest BCUT2D eigenvalue weighted by Crippen LogP contribution is -2.20. The first-order valence-electron chi connectivity index (χ1n) is 8.17. The Morgan fingerprint density at radius 2 is 1.77 bits per heavy atom. The first-order chi connectivity index (χ1) is 12.6. The standard InChI is InChI=1S/C19H20ClN3O3/c1-2-26-16-9-7-15(8-10-16)22-18(24)11-12-19(25)23-21-13-14-5-3-4-6-17(14)20/h3-10,13H,2,11-12H2,1H3,(H,22,24)(H,23,25). The van der Waals surface area contributed by atoms with Gasteiger partial charge in [0, 0.05) is 29.1 Å². The number of ether oxygens (including phenoxy) is 1. The molecule has 6 nitrogen and oxygen atoms in total. The maximum absolute atomic E-state index is 11.9. The second-order valence-electron chi connectivity index (χ2n) is 5.32. The van der Waals surface area contributed by atoms with Crippen molar-refractivity contribution < 1.29 is 14.3 Å². The molecule has 0 aliphatic heterocycles. The molecule has 0 aromatic heterocycles. The van der Waals surface area contributed by atoms with Crippen molar-refractivity contribution >= 4 is 35.3 Å². The molecule has 136 valence electrons. The number of halogens is 1. The van der Waals surface area contributed by atoms with Crippen molar-refractivity contribution in [2.24, 2.45) is 5.10 Å². The highest BCUT2D eigenvalue weighted by Crippen LogP contribution is 2.16. The number of carbonyl (C=O) groups is 2. The number of amides is 2. The van der Waals surface area contributed by atoms with Crippen molar-refractivity contribution in [2.45, 2.75) is 19.8 Å². The number of nitrogens with zero attached hydrogens (tertiary/aromatic N) is 1. The molecule has 0 atom stereocenters. The van der Waals surface area contributed by atoms with E-state index in [4.69, 9.17) is 16.3 Å². The van der Waals surface area contributed by atoms with Crippen LogP contribution in [-0.4, -0.2) is 24.6 Å². The van der Waals surface area contributed by atoms with E-state index >= 15 is 0 Å². The Bertz CT molecular complexity index is 776. The molecule has 2 amide bonds. The molecule has 0 bridgehead atoms. The molecular weight excluding hydrogens is 354 g/mol. The minimum absolute atomic E-state index is 0.0305. The van der Waals surface area contributed by atoms with E-state index in [1.807, 2.05) is 13.0 Å². The first-order valence-corrected chi connectivity index (χ1v) is 8.55. The van der Waals surface area contributed by atoms with Crippen LogP contribution in [0.5, 0.6) is 5.75 Å². The van der Waals surface area contributed by atoms with Gasteiger partial charge in [-0.05, 0) is 37.3 Å². The average molecular weight is 374 g/mol. The van der Waals surface area contributed by atoms with E-state index in [9.17, 15) is 9.59 Å². The molecule has 0 heterocycles. The van der Waals surface area contributed by atoms with Crippen molar-refractivity contribution in [2.75, 3.05) is 11.9 Å². The number of hydrazone groups is 1. The van der Waals surface area contributed by atoms with Crippen LogP contribution in [0.1, 0.15) is 25.3 Å². The number of anilines is 1. The summed E-state index contributed by atoms with van der Waals surface area (Å²) in [6, 6.07) is 14.2. The smallest absolute Gasteiger partial charge is 0.240 e. The Labute approximate surface area is 157 Å². The fraction of sp³-hybridized carbons (Fsp3) is 0.211. The highest BCUT2D eigenvalue weighted by atomic mass is 35.5. The van der Waals surface area contributed by atoms with Gasteiger partial charge in [-0.15, -0.1) is 0 Å². The van der Waals surface area contributed by atoms with E-state index in [1.165, 1.54) is 6.21 Å². The van der Waals surface area contributed by atoms with Gasteiger partial charge < -0.3 is 10.1 Å². The summed E-state index contributed by atoms with van der Waals surface area (Å²) < 4.78 is 5.33. The highest BCUT2D eigenvalue weighted by Gasteiger charge is 2.07. The van der Waals surface area contributed by atoms with Gasteiger partial charge in [-0.2, -0.15) is 5.10 Å². The number of hydrogen-bond donors (Lipinski definition) is 2. The average Bonchev–Trinajstić information content (AvgIpc) is 2.63. The van der Waals surface area contributed by atoms with Crippen LogP contribution in [0.2, 0.25) is 5.02 Å². The second-order valence-corrected chi connectivity index (χ2v) is 5.73. The van der Waals surface area contributed by atoms with Gasteiger partial charge in [0.05, 0.1) is 12.8 Å². The largest absolute Gasteiger partial charge is 0.494 e. The summed E-state index contributed by atoms with van der Waals surface area (Å²) in [7, 11) is 0. The molecular formula is C19H20ClN3O3. The number of hydrogen-bond acceptors (Lipinski definition) is 4. The van der Waals surface area contributed by atoms with Crippen LogP contribution >= 0.6 is 11.6 Å². The van der Waals surface area contributed by atoms with Gasteiger partial charge >= 0.3 is 0 Å². The number of nitrogens with one attached hydrogen (secondary N) is 2. The Morgan fingerprint density at radius 3 is 2.46 bits per heavy atom. The summed E-state index contributed by atoms with van der Waals surface area (Å²) >= 11 is 5.98. The third-order valence-electron chi connectivity index (χ3n) is 3.33. The van der Waals surface area contributed by atoms with Gasteiger partial charge in [-0.3, -0.25) is 9.59 Å². The van der Waals surface area contributed by atoms with E-state index in [-0.39, 0.29) is 24.7 Å². The molecule has 0 aliphatic carbocycles. The Hall–Kier alpha value is -2.86. The van der Waals surface area contributed by atoms with Gasteiger partial charge in [0.2, 0.25) is 11.8 Å². The Balaban J connectivity index is 1.73. The Morgan fingerprint density at radius 1 is 1.08 bits per heavy atom. The lowest BCUT2D eigenvalue weighted by atomic mass is 10.2. The Kier molecular flexibility index (Phi) is 7.64. The van der Waals surface area contributed by atoms with Crippen molar-refractivity contribution in [3.05, 3.63) is 59.1 Å². The lowest BCUT2D eigenvalue weighted by Gasteiger charge is -2.07. The topological polar surface area (TPSA) is 79.8 Å². The quantitative estimate of drug-likeness (QED) is 0.548. The summed E-state index contributed by atoms with van der Waals surface area (Å²) in [6.07, 6.45) is 1.55. The van der Waals surface area contributed by atoms with Crippen LogP contribution in [0.3, 0.4) is 0 Å². The summed E-state index contributed by atoms with van der Waals surface area (Å²) in [4.78, 5) is 23.6. The molecule has 7 heteroatoms. The fourth-order valence-electron chi connectivity index (χ4n) is 2.06. The third-order valence-corrected chi connectivity index (χ3v) is 3.67. The molecule has 0 radical (unpaired) electrons. The normalized spacial score (nSPS) is 10.5. The van der Waals surface area contributed by atoms with Gasteiger partial charge in [-0.1, -0.05) is 29.8 Å². The fourth-order valence-corrected chi connectivity index (χ4v) is 2.25. The van der Waals surface area contributed by atoms with E-state index in [0.29, 0.717) is 22.9 Å². The molecule has 0 spiro atoms. The SMILES string of the molecule is CCOc1ccc(NC(=O)CCC(=O)NN=Cc2ccccc2Cl)cc1. The number of carbonyl (C=O) groups excluding carboxylic acids is 2. The van der Waals surface area contributed by atoms with Gasteiger partial charge in [0.25, 0.3) is 0 Å². The molecule has 0 saturated heterocycles. The minimum Gasteiger partial charge on any atom is -0.494 e. The lowest BCUT2D eigenvalue weighted by molar-refractivity contribution is -0.124. The zero-order valence-electron chi connectivity index (χ0n) is 14.4. The zero-order chi connectivity index (χ0) is 18.8. The molecule has 0 aliphatic rings. The third kappa shape index (κ3) is 6.57. The van der Waals surface area contributed by atoms with E-state index in [0.717, 1.165) is 5.75 Å². The molecule has 26 heavy (non-hydrogen) atoms. The monoisotopic (exact) mass is 373 g/mol. The zero-order valence-corrected chi connectivity index (χ0v) is 15.1. The van der Waals surface area contributed by atoms with E-state index in [1.54, 1.807) is 42.5 Å². The molecule has 0 unspecified atom stereocenters. The predicted molar refractivity (Wildman–Crippen MR) is 103 cm³/mol. The van der Waals surface area contributed by atoms with Crippen molar-refractivity contribution in [3.8, 4) is 5.75 Å². The number of rotatable bonds is 8. The molecule has 2 N–H and O–H groups in total. The van der Waals surface area contributed by atoms with Crippen molar-refractivity contribution in [1.82, 2.24) is 5.43 Å². The number of benzene rings is 2. The first kappa shape index (κ1) is 19.5.